The van der Waals surface area contributed by atoms with Crippen LogP contribution in [0.1, 0.15) is 67.6 Å². The minimum atomic E-state index is 0.0549. The molecule has 0 radical (unpaired) electrons. The quantitative estimate of drug-likeness (QED) is 0.854. The van der Waals surface area contributed by atoms with Gasteiger partial charge in [0.1, 0.15) is 0 Å². The summed E-state index contributed by atoms with van der Waals surface area (Å²) in [5.74, 6) is 0.825. The van der Waals surface area contributed by atoms with Gasteiger partial charge in [-0.05, 0) is 29.9 Å². The molecule has 5 nitrogen and oxygen atoms in total. The second-order valence-electron chi connectivity index (χ2n) is 7.92. The predicted octanol–water partition coefficient (Wildman–Crippen LogP) is 3.96. The summed E-state index contributed by atoms with van der Waals surface area (Å²) in [6.45, 7) is 12.8. The van der Waals surface area contributed by atoms with Crippen LogP contribution in [0, 0.1) is 6.92 Å². The molecule has 1 amide bonds. The molecular formula is C21H30N4O. The molecule has 0 saturated carbocycles. The van der Waals surface area contributed by atoms with Gasteiger partial charge in [0.05, 0.1) is 12.2 Å². The summed E-state index contributed by atoms with van der Waals surface area (Å²) in [6, 6.07) is 6.20. The monoisotopic (exact) mass is 354 g/mol. The Morgan fingerprint density at radius 1 is 1.27 bits per heavy atom. The van der Waals surface area contributed by atoms with E-state index in [9.17, 15) is 4.79 Å². The van der Waals surface area contributed by atoms with Gasteiger partial charge in [0, 0.05) is 36.5 Å². The van der Waals surface area contributed by atoms with Crippen molar-refractivity contribution in [2.24, 2.45) is 0 Å². The zero-order chi connectivity index (χ0) is 18.8. The number of carbonyl (C=O) groups excluding carboxylic acids is 1. The first-order valence-electron chi connectivity index (χ1n) is 9.54. The van der Waals surface area contributed by atoms with Gasteiger partial charge in [-0.1, -0.05) is 45.9 Å². The lowest BCUT2D eigenvalue weighted by Gasteiger charge is -2.27. The third kappa shape index (κ3) is 3.83. The Labute approximate surface area is 156 Å². The number of hydrogen-bond acceptors (Lipinski definition) is 3. The van der Waals surface area contributed by atoms with E-state index in [1.165, 1.54) is 16.8 Å². The van der Waals surface area contributed by atoms with Gasteiger partial charge in [-0.15, -0.1) is 0 Å². The number of amides is 1. The number of fused-ring (bicyclic) bond motifs is 1. The van der Waals surface area contributed by atoms with Crippen LogP contribution in [0.5, 0.6) is 0 Å². The zero-order valence-corrected chi connectivity index (χ0v) is 16.5. The Balaban J connectivity index is 1.69. The average Bonchev–Trinajstić information content (AvgIpc) is 2.99. The number of nitrogens with one attached hydrogen (secondary N) is 2. The van der Waals surface area contributed by atoms with Crippen LogP contribution in [0.15, 0.2) is 18.2 Å². The summed E-state index contributed by atoms with van der Waals surface area (Å²) in [5.41, 5.74) is 6.91. The van der Waals surface area contributed by atoms with Crippen molar-refractivity contribution in [1.29, 1.82) is 0 Å². The predicted molar refractivity (Wildman–Crippen MR) is 106 cm³/mol. The van der Waals surface area contributed by atoms with Gasteiger partial charge in [0.25, 0.3) is 0 Å². The lowest BCUT2D eigenvalue weighted by Crippen LogP contribution is -2.37. The van der Waals surface area contributed by atoms with E-state index in [1.807, 2.05) is 0 Å². The number of rotatable bonds is 5. The molecule has 0 unspecified atom stereocenters. The van der Waals surface area contributed by atoms with Crippen molar-refractivity contribution in [2.45, 2.75) is 59.4 Å². The largest absolute Gasteiger partial charge is 0.324 e. The maximum absolute atomic E-state index is 12.7. The van der Waals surface area contributed by atoms with Gasteiger partial charge in [-0.2, -0.15) is 5.10 Å². The van der Waals surface area contributed by atoms with Crippen molar-refractivity contribution in [3.8, 4) is 0 Å². The summed E-state index contributed by atoms with van der Waals surface area (Å²) in [7, 11) is 0. The SMILES string of the molecule is Cc1cccc(C(C)C)c1NC(=O)CN1CCc2[nH]nc(C(C)C)c2C1. The number of carbonyl (C=O) groups is 1. The molecule has 0 bridgehead atoms. The van der Waals surface area contributed by atoms with Crippen LogP contribution in [-0.2, 0) is 17.8 Å². The van der Waals surface area contributed by atoms with E-state index < -0.39 is 0 Å². The average molecular weight is 354 g/mol. The highest BCUT2D eigenvalue weighted by molar-refractivity contribution is 5.94. The highest BCUT2D eigenvalue weighted by Crippen LogP contribution is 2.28. The van der Waals surface area contributed by atoms with Gasteiger partial charge in [0.15, 0.2) is 0 Å². The molecule has 1 aliphatic heterocycles. The van der Waals surface area contributed by atoms with Gasteiger partial charge >= 0.3 is 0 Å². The van der Waals surface area contributed by atoms with E-state index in [4.69, 9.17) is 0 Å². The molecule has 2 N–H and O–H groups in total. The van der Waals surface area contributed by atoms with E-state index in [2.05, 4.69) is 73.2 Å². The minimum absolute atomic E-state index is 0.0549. The number of aromatic amines is 1. The van der Waals surface area contributed by atoms with E-state index in [0.29, 0.717) is 18.4 Å². The zero-order valence-electron chi connectivity index (χ0n) is 16.5. The number of aromatic nitrogens is 2. The molecule has 1 aromatic heterocycles. The van der Waals surface area contributed by atoms with E-state index in [0.717, 1.165) is 36.5 Å². The van der Waals surface area contributed by atoms with E-state index in [-0.39, 0.29) is 5.91 Å². The molecule has 140 valence electrons. The van der Waals surface area contributed by atoms with Crippen LogP contribution in [0.25, 0.3) is 0 Å². The summed E-state index contributed by atoms with van der Waals surface area (Å²) >= 11 is 0. The topological polar surface area (TPSA) is 61.0 Å². The lowest BCUT2D eigenvalue weighted by atomic mass is 9.98. The number of H-pyrrole nitrogens is 1. The summed E-state index contributed by atoms with van der Waals surface area (Å²) < 4.78 is 0. The molecule has 0 saturated heterocycles. The van der Waals surface area contributed by atoms with Crippen molar-refractivity contribution in [1.82, 2.24) is 15.1 Å². The van der Waals surface area contributed by atoms with Crippen LogP contribution in [-0.4, -0.2) is 34.1 Å². The fourth-order valence-corrected chi connectivity index (χ4v) is 3.71. The minimum Gasteiger partial charge on any atom is -0.324 e. The fraction of sp³-hybridized carbons (Fsp3) is 0.524. The molecule has 1 aromatic carbocycles. The van der Waals surface area contributed by atoms with Crippen LogP contribution >= 0.6 is 0 Å². The highest BCUT2D eigenvalue weighted by atomic mass is 16.2. The van der Waals surface area contributed by atoms with E-state index in [1.54, 1.807) is 0 Å². The molecule has 26 heavy (non-hydrogen) atoms. The molecular weight excluding hydrogens is 324 g/mol. The van der Waals surface area contributed by atoms with Gasteiger partial charge < -0.3 is 5.32 Å². The van der Waals surface area contributed by atoms with Gasteiger partial charge in [0.2, 0.25) is 5.91 Å². The molecule has 0 fully saturated rings. The second-order valence-corrected chi connectivity index (χ2v) is 7.92. The third-order valence-electron chi connectivity index (χ3n) is 5.15. The molecule has 0 atom stereocenters. The Morgan fingerprint density at radius 2 is 2.04 bits per heavy atom. The second kappa shape index (κ2) is 7.62. The first kappa shape index (κ1) is 18.6. The number of aryl methyl sites for hydroxylation is 1. The van der Waals surface area contributed by atoms with Crippen LogP contribution in [0.2, 0.25) is 0 Å². The molecule has 1 aliphatic rings. The lowest BCUT2D eigenvalue weighted by molar-refractivity contribution is -0.117. The first-order valence-corrected chi connectivity index (χ1v) is 9.54. The number of nitrogens with zero attached hydrogens (tertiary/aromatic N) is 2. The Hall–Kier alpha value is -2.14. The van der Waals surface area contributed by atoms with Crippen LogP contribution in [0.3, 0.4) is 0 Å². The Kier molecular flexibility index (Phi) is 5.47. The Bertz CT molecular complexity index is 791. The van der Waals surface area contributed by atoms with Crippen LogP contribution in [0.4, 0.5) is 5.69 Å². The molecule has 0 spiro atoms. The van der Waals surface area contributed by atoms with Crippen molar-refractivity contribution in [3.63, 3.8) is 0 Å². The number of anilines is 1. The summed E-state index contributed by atoms with van der Waals surface area (Å²) in [5, 5.41) is 10.8. The van der Waals surface area contributed by atoms with Crippen LogP contribution < -0.4 is 5.32 Å². The van der Waals surface area contributed by atoms with Gasteiger partial charge in [-0.3, -0.25) is 14.8 Å². The van der Waals surface area contributed by atoms with Crippen molar-refractivity contribution in [3.05, 3.63) is 46.3 Å². The maximum atomic E-state index is 12.7. The summed E-state index contributed by atoms with van der Waals surface area (Å²) in [4.78, 5) is 14.9. The maximum Gasteiger partial charge on any atom is 0.238 e. The number of benzene rings is 1. The third-order valence-corrected chi connectivity index (χ3v) is 5.15. The normalized spacial score (nSPS) is 14.7. The molecule has 5 heteroatoms. The van der Waals surface area contributed by atoms with Gasteiger partial charge in [-0.25, -0.2) is 0 Å². The molecule has 0 aliphatic carbocycles. The van der Waals surface area contributed by atoms with Crippen molar-refractivity contribution < 1.29 is 4.79 Å². The standard InChI is InChI=1S/C21H30N4O/c1-13(2)16-8-6-7-15(5)21(16)22-19(26)12-25-10-9-18-17(11-25)20(14(3)4)24-23-18/h6-8,13-14H,9-12H2,1-5H3,(H,22,26)(H,23,24). The molecule has 2 heterocycles. The smallest absolute Gasteiger partial charge is 0.238 e. The summed E-state index contributed by atoms with van der Waals surface area (Å²) in [6.07, 6.45) is 0.921. The molecule has 3 rings (SSSR count). The number of para-hydroxylation sites is 1. The molecule has 2 aromatic rings. The Morgan fingerprint density at radius 3 is 2.73 bits per heavy atom. The van der Waals surface area contributed by atoms with Crippen molar-refractivity contribution in [2.75, 3.05) is 18.4 Å². The van der Waals surface area contributed by atoms with Crippen molar-refractivity contribution >= 4 is 11.6 Å². The van der Waals surface area contributed by atoms with E-state index >= 15 is 0 Å². The first-order chi connectivity index (χ1) is 12.4. The highest BCUT2D eigenvalue weighted by Gasteiger charge is 2.24. The number of hydrogen-bond donors (Lipinski definition) is 2. The fourth-order valence-electron chi connectivity index (χ4n) is 3.71.